The molecule has 7 heteroatoms. The number of nitrogens with two attached hydrogens (primary N) is 1. The van der Waals surface area contributed by atoms with E-state index in [0.29, 0.717) is 22.3 Å². The Kier molecular flexibility index (Phi) is 5.00. The minimum absolute atomic E-state index is 0.0414. The number of imidazole rings is 1. The van der Waals surface area contributed by atoms with Crippen LogP contribution in [0.2, 0.25) is 5.02 Å². The first kappa shape index (κ1) is 17.0. The molecule has 3 aromatic rings. The van der Waals surface area contributed by atoms with Gasteiger partial charge in [0, 0.05) is 5.56 Å². The van der Waals surface area contributed by atoms with Crippen molar-refractivity contribution >= 4 is 23.8 Å². The molecule has 0 saturated heterocycles. The number of anilines is 1. The van der Waals surface area contributed by atoms with E-state index in [1.54, 1.807) is 36.7 Å². The minimum Gasteiger partial charge on any atom is -0.489 e. The Morgan fingerprint density at radius 1 is 1.32 bits per heavy atom. The summed E-state index contributed by atoms with van der Waals surface area (Å²) in [4.78, 5) is 4.07. The summed E-state index contributed by atoms with van der Waals surface area (Å²) in [5.74, 6) is 0.504. The van der Waals surface area contributed by atoms with Crippen molar-refractivity contribution in [1.82, 2.24) is 9.66 Å². The normalized spacial score (nSPS) is 11.2. The lowest BCUT2D eigenvalue weighted by Gasteiger charge is -2.09. The van der Waals surface area contributed by atoms with Gasteiger partial charge in [0.25, 0.3) is 0 Å². The predicted molar refractivity (Wildman–Crippen MR) is 96.6 cm³/mol. The van der Waals surface area contributed by atoms with Crippen molar-refractivity contribution in [2.24, 2.45) is 5.10 Å². The van der Waals surface area contributed by atoms with Gasteiger partial charge in [-0.15, -0.1) is 0 Å². The van der Waals surface area contributed by atoms with E-state index in [2.05, 4.69) is 10.1 Å². The van der Waals surface area contributed by atoms with E-state index in [-0.39, 0.29) is 6.61 Å². The van der Waals surface area contributed by atoms with Crippen molar-refractivity contribution in [3.05, 3.63) is 76.3 Å². The Bertz CT molecular complexity index is 903. The SMILES string of the molecule is Cc1cn(N=Cc2cccc(OCc3c(F)cccc3Cl)c2)c(N)n1. The molecule has 0 aliphatic rings. The van der Waals surface area contributed by atoms with Crippen LogP contribution in [0.4, 0.5) is 10.3 Å². The maximum absolute atomic E-state index is 13.8. The fraction of sp³-hybridized carbons (Fsp3) is 0.111. The third-order valence-electron chi connectivity index (χ3n) is 3.47. The van der Waals surface area contributed by atoms with Crippen LogP contribution in [0.25, 0.3) is 0 Å². The molecule has 2 aromatic carbocycles. The van der Waals surface area contributed by atoms with E-state index in [4.69, 9.17) is 22.1 Å². The minimum atomic E-state index is -0.392. The molecule has 0 bridgehead atoms. The van der Waals surface area contributed by atoms with Crippen molar-refractivity contribution in [2.45, 2.75) is 13.5 Å². The Morgan fingerprint density at radius 3 is 2.84 bits per heavy atom. The number of benzene rings is 2. The number of hydrogen-bond acceptors (Lipinski definition) is 4. The maximum Gasteiger partial charge on any atom is 0.221 e. The molecule has 1 aromatic heterocycles. The predicted octanol–water partition coefficient (Wildman–Crippen LogP) is 4.03. The molecule has 0 spiro atoms. The summed E-state index contributed by atoms with van der Waals surface area (Å²) in [6.45, 7) is 1.88. The first-order valence-corrected chi connectivity index (χ1v) is 7.92. The lowest BCUT2D eigenvalue weighted by atomic mass is 10.2. The molecule has 0 fully saturated rings. The highest BCUT2D eigenvalue weighted by molar-refractivity contribution is 6.31. The van der Waals surface area contributed by atoms with Crippen molar-refractivity contribution in [3.8, 4) is 5.75 Å². The summed E-state index contributed by atoms with van der Waals surface area (Å²) in [5, 5.41) is 4.59. The van der Waals surface area contributed by atoms with Gasteiger partial charge in [0.1, 0.15) is 18.2 Å². The van der Waals surface area contributed by atoms with Gasteiger partial charge in [-0.3, -0.25) is 0 Å². The van der Waals surface area contributed by atoms with Crippen molar-refractivity contribution in [2.75, 3.05) is 5.73 Å². The lowest BCUT2D eigenvalue weighted by molar-refractivity contribution is 0.300. The van der Waals surface area contributed by atoms with Crippen LogP contribution < -0.4 is 10.5 Å². The Hall–Kier alpha value is -2.86. The molecule has 0 aliphatic heterocycles. The standard InChI is InChI=1S/C18H16ClFN4O/c1-12-10-24(18(21)23-12)22-9-13-4-2-5-14(8-13)25-11-15-16(19)6-3-7-17(15)20/h2-10H,11H2,1H3,(H2,21,23). The summed E-state index contributed by atoms with van der Waals surface area (Å²) >= 11 is 6.00. The van der Waals surface area contributed by atoms with E-state index in [9.17, 15) is 4.39 Å². The molecule has 0 atom stereocenters. The smallest absolute Gasteiger partial charge is 0.221 e. The molecule has 3 rings (SSSR count). The van der Waals surface area contributed by atoms with E-state index in [1.807, 2.05) is 19.1 Å². The molecular weight excluding hydrogens is 343 g/mol. The number of hydrogen-bond donors (Lipinski definition) is 1. The van der Waals surface area contributed by atoms with Crippen LogP contribution in [-0.4, -0.2) is 15.9 Å². The molecule has 128 valence electrons. The highest BCUT2D eigenvalue weighted by Crippen LogP contribution is 2.21. The monoisotopic (exact) mass is 358 g/mol. The van der Waals surface area contributed by atoms with E-state index in [0.717, 1.165) is 11.3 Å². The van der Waals surface area contributed by atoms with Gasteiger partial charge in [0.2, 0.25) is 5.95 Å². The number of nitrogens with zero attached hydrogens (tertiary/aromatic N) is 3. The van der Waals surface area contributed by atoms with Crippen molar-refractivity contribution in [1.29, 1.82) is 0 Å². The first-order valence-electron chi connectivity index (χ1n) is 7.54. The van der Waals surface area contributed by atoms with Crippen LogP contribution in [0, 0.1) is 12.7 Å². The number of nitrogen functional groups attached to an aromatic ring is 1. The van der Waals surface area contributed by atoms with E-state index >= 15 is 0 Å². The second-order valence-electron chi connectivity index (χ2n) is 5.39. The number of rotatable bonds is 5. The van der Waals surface area contributed by atoms with Gasteiger partial charge < -0.3 is 10.5 Å². The molecule has 0 saturated carbocycles. The zero-order chi connectivity index (χ0) is 17.8. The maximum atomic E-state index is 13.8. The van der Waals surface area contributed by atoms with Gasteiger partial charge in [0.15, 0.2) is 0 Å². The van der Waals surface area contributed by atoms with Gasteiger partial charge in [-0.2, -0.15) is 5.10 Å². The number of aromatic nitrogens is 2. The van der Waals surface area contributed by atoms with Gasteiger partial charge in [0.05, 0.1) is 23.1 Å². The third-order valence-corrected chi connectivity index (χ3v) is 3.82. The van der Waals surface area contributed by atoms with Gasteiger partial charge in [-0.05, 0) is 36.8 Å². The van der Waals surface area contributed by atoms with Crippen LogP contribution in [0.15, 0.2) is 53.8 Å². The summed E-state index contributed by atoms with van der Waals surface area (Å²) in [5.41, 5.74) is 7.66. The van der Waals surface area contributed by atoms with Crippen LogP contribution in [0.3, 0.4) is 0 Å². The lowest BCUT2D eigenvalue weighted by Crippen LogP contribution is -2.00. The molecule has 0 radical (unpaired) electrons. The first-order chi connectivity index (χ1) is 12.0. The van der Waals surface area contributed by atoms with Crippen LogP contribution in [0.1, 0.15) is 16.8 Å². The third kappa shape index (κ3) is 4.16. The fourth-order valence-electron chi connectivity index (χ4n) is 2.24. The van der Waals surface area contributed by atoms with Crippen molar-refractivity contribution < 1.29 is 9.13 Å². The van der Waals surface area contributed by atoms with Gasteiger partial charge in [-0.25, -0.2) is 14.1 Å². The number of ether oxygens (including phenoxy) is 1. The quantitative estimate of drug-likeness (QED) is 0.700. The Balaban J connectivity index is 1.72. The zero-order valence-electron chi connectivity index (χ0n) is 13.5. The molecule has 2 N–H and O–H groups in total. The van der Waals surface area contributed by atoms with E-state index in [1.165, 1.54) is 10.7 Å². The Labute approximate surface area is 149 Å². The average molecular weight is 359 g/mol. The molecule has 0 unspecified atom stereocenters. The summed E-state index contributed by atoms with van der Waals surface area (Å²) < 4.78 is 20.9. The molecular formula is C18H16ClFN4O. The van der Waals surface area contributed by atoms with Crippen LogP contribution in [0.5, 0.6) is 5.75 Å². The number of halogens is 2. The summed E-state index contributed by atoms with van der Waals surface area (Å²) in [6.07, 6.45) is 3.37. The topological polar surface area (TPSA) is 65.4 Å². The highest BCUT2D eigenvalue weighted by atomic mass is 35.5. The molecule has 1 heterocycles. The molecule has 0 amide bonds. The average Bonchev–Trinajstić information content (AvgIpc) is 2.90. The Morgan fingerprint density at radius 2 is 2.12 bits per heavy atom. The summed E-state index contributed by atoms with van der Waals surface area (Å²) in [6, 6.07) is 11.8. The number of aryl methyl sites for hydroxylation is 1. The molecule has 5 nitrogen and oxygen atoms in total. The van der Waals surface area contributed by atoms with Gasteiger partial charge >= 0.3 is 0 Å². The van der Waals surface area contributed by atoms with E-state index < -0.39 is 5.82 Å². The zero-order valence-corrected chi connectivity index (χ0v) is 14.2. The van der Waals surface area contributed by atoms with Gasteiger partial charge in [-0.1, -0.05) is 29.8 Å². The van der Waals surface area contributed by atoms with Crippen LogP contribution >= 0.6 is 11.6 Å². The van der Waals surface area contributed by atoms with Crippen molar-refractivity contribution in [3.63, 3.8) is 0 Å². The largest absolute Gasteiger partial charge is 0.489 e. The molecule has 25 heavy (non-hydrogen) atoms. The second kappa shape index (κ2) is 7.36. The fourth-order valence-corrected chi connectivity index (χ4v) is 2.45. The van der Waals surface area contributed by atoms with Crippen LogP contribution in [-0.2, 0) is 6.61 Å². The molecule has 0 aliphatic carbocycles. The highest BCUT2D eigenvalue weighted by Gasteiger charge is 2.07. The second-order valence-corrected chi connectivity index (χ2v) is 5.80. The summed E-state index contributed by atoms with van der Waals surface area (Å²) in [7, 11) is 0.